The van der Waals surface area contributed by atoms with Crippen LogP contribution in [-0.4, -0.2) is 33.3 Å². The first kappa shape index (κ1) is 19.0. The Kier molecular flexibility index (Phi) is 5.24. The van der Waals surface area contributed by atoms with Gasteiger partial charge in [0.1, 0.15) is 11.5 Å². The number of phenolic OH excluding ortho intramolecular Hbond substituents is 1. The first-order valence-electron chi connectivity index (χ1n) is 8.63. The maximum Gasteiger partial charge on any atom is 0.295 e. The van der Waals surface area contributed by atoms with E-state index in [1.54, 1.807) is 36.4 Å². The van der Waals surface area contributed by atoms with E-state index in [4.69, 9.17) is 11.6 Å². The monoisotopic (exact) mass is 385 g/mol. The van der Waals surface area contributed by atoms with Gasteiger partial charge in [0, 0.05) is 17.1 Å². The van der Waals surface area contributed by atoms with Crippen LogP contribution in [0.4, 0.5) is 0 Å². The van der Waals surface area contributed by atoms with Gasteiger partial charge in [-0.05, 0) is 47.9 Å². The number of hydrogen-bond donors (Lipinski definition) is 2. The molecular weight excluding hydrogens is 366 g/mol. The summed E-state index contributed by atoms with van der Waals surface area (Å²) in [6.07, 6.45) is 0. The lowest BCUT2D eigenvalue weighted by Gasteiger charge is -2.26. The number of amides is 1. The highest BCUT2D eigenvalue weighted by atomic mass is 35.5. The first-order chi connectivity index (χ1) is 12.8. The molecule has 0 aromatic heterocycles. The lowest BCUT2D eigenvalue weighted by Crippen LogP contribution is -2.33. The molecule has 1 saturated heterocycles. The zero-order chi connectivity index (χ0) is 19.7. The number of Topliss-reactive ketones (excluding diaryl/α,β-unsaturated/α-hetero) is 1. The average molecular weight is 386 g/mol. The van der Waals surface area contributed by atoms with Crippen molar-refractivity contribution in [2.45, 2.75) is 19.9 Å². The fourth-order valence-electron chi connectivity index (χ4n) is 3.23. The zero-order valence-electron chi connectivity index (χ0n) is 15.0. The number of rotatable bonds is 4. The molecule has 0 aliphatic carbocycles. The molecule has 27 heavy (non-hydrogen) atoms. The van der Waals surface area contributed by atoms with Crippen molar-refractivity contribution in [3.05, 3.63) is 70.3 Å². The quantitative estimate of drug-likeness (QED) is 0.471. The van der Waals surface area contributed by atoms with Gasteiger partial charge < -0.3 is 15.1 Å². The molecule has 1 heterocycles. The van der Waals surface area contributed by atoms with Gasteiger partial charge in [0.05, 0.1) is 11.6 Å². The molecule has 1 aliphatic heterocycles. The van der Waals surface area contributed by atoms with E-state index in [1.807, 2.05) is 13.8 Å². The lowest BCUT2D eigenvalue weighted by atomic mass is 9.95. The minimum atomic E-state index is -0.721. The highest BCUT2D eigenvalue weighted by molar-refractivity contribution is 6.46. The smallest absolute Gasteiger partial charge is 0.295 e. The van der Waals surface area contributed by atoms with Crippen LogP contribution in [0.25, 0.3) is 5.76 Å². The zero-order valence-corrected chi connectivity index (χ0v) is 15.8. The predicted molar refractivity (Wildman–Crippen MR) is 103 cm³/mol. The van der Waals surface area contributed by atoms with E-state index in [2.05, 4.69) is 0 Å². The summed E-state index contributed by atoms with van der Waals surface area (Å²) in [5.41, 5.74) is 1.09. The van der Waals surface area contributed by atoms with Crippen LogP contribution in [-0.2, 0) is 9.59 Å². The van der Waals surface area contributed by atoms with Gasteiger partial charge in [-0.25, -0.2) is 0 Å². The van der Waals surface area contributed by atoms with Gasteiger partial charge in [-0.2, -0.15) is 0 Å². The van der Waals surface area contributed by atoms with Gasteiger partial charge in [0.2, 0.25) is 0 Å². The number of halogens is 1. The van der Waals surface area contributed by atoms with E-state index in [0.29, 0.717) is 22.7 Å². The van der Waals surface area contributed by atoms with Gasteiger partial charge in [-0.15, -0.1) is 0 Å². The molecule has 0 bridgehead atoms. The fraction of sp³-hybridized carbons (Fsp3) is 0.238. The summed E-state index contributed by atoms with van der Waals surface area (Å²) in [5, 5.41) is 20.9. The largest absolute Gasteiger partial charge is 0.508 e. The molecule has 5 nitrogen and oxygen atoms in total. The number of likely N-dealkylation sites (tertiary alicyclic amines) is 1. The molecule has 1 amide bonds. The first-order valence-corrected chi connectivity index (χ1v) is 9.00. The van der Waals surface area contributed by atoms with Crippen LogP contribution < -0.4 is 0 Å². The second-order valence-corrected chi connectivity index (χ2v) is 7.38. The van der Waals surface area contributed by atoms with Gasteiger partial charge in [0.15, 0.2) is 0 Å². The topological polar surface area (TPSA) is 77.8 Å². The summed E-state index contributed by atoms with van der Waals surface area (Å²) in [4.78, 5) is 26.9. The summed E-state index contributed by atoms with van der Waals surface area (Å²) < 4.78 is 0. The molecule has 0 radical (unpaired) electrons. The molecule has 0 saturated carbocycles. The van der Waals surface area contributed by atoms with Gasteiger partial charge in [0.25, 0.3) is 11.7 Å². The molecule has 140 valence electrons. The van der Waals surface area contributed by atoms with Crippen molar-refractivity contribution in [2.75, 3.05) is 6.54 Å². The van der Waals surface area contributed by atoms with Crippen molar-refractivity contribution in [2.24, 2.45) is 5.92 Å². The summed E-state index contributed by atoms with van der Waals surface area (Å²) in [6, 6.07) is 12.0. The molecule has 1 fully saturated rings. The van der Waals surface area contributed by atoms with Crippen LogP contribution in [0.5, 0.6) is 5.75 Å². The Hall–Kier alpha value is -2.79. The minimum Gasteiger partial charge on any atom is -0.508 e. The van der Waals surface area contributed by atoms with Crippen LogP contribution in [0.15, 0.2) is 54.1 Å². The Balaban J connectivity index is 2.17. The standard InChI is InChI=1S/C21H20ClNO4/c1-12(2)11-23-18(13-5-9-16(24)10-6-13)17(20(26)21(23)27)19(25)14-3-7-15(22)8-4-14/h3-10,12,18,24-25H,11H2,1-2H3/b19-17-. The average Bonchev–Trinajstić information content (AvgIpc) is 2.87. The van der Waals surface area contributed by atoms with Crippen LogP contribution in [0.2, 0.25) is 5.02 Å². The normalized spacial score (nSPS) is 19.1. The third-order valence-corrected chi connectivity index (χ3v) is 4.68. The summed E-state index contributed by atoms with van der Waals surface area (Å²) in [7, 11) is 0. The highest BCUT2D eigenvalue weighted by Crippen LogP contribution is 2.40. The SMILES string of the molecule is CC(C)CN1C(=O)C(=O)/C(=C(\O)c2ccc(Cl)cc2)C1c1ccc(O)cc1. The molecular formula is C21H20ClNO4. The number of phenols is 1. The molecule has 3 rings (SSSR count). The number of aliphatic hydroxyl groups is 1. The molecule has 6 heteroatoms. The highest BCUT2D eigenvalue weighted by Gasteiger charge is 2.46. The third-order valence-electron chi connectivity index (χ3n) is 4.43. The van der Waals surface area contributed by atoms with E-state index in [1.165, 1.54) is 17.0 Å². The number of carbonyl (C=O) groups excluding carboxylic acids is 2. The number of ketones is 1. The van der Waals surface area contributed by atoms with Crippen molar-refractivity contribution in [1.82, 2.24) is 4.90 Å². The second-order valence-electron chi connectivity index (χ2n) is 6.94. The Labute approximate surface area is 162 Å². The van der Waals surface area contributed by atoms with Crippen LogP contribution in [0.3, 0.4) is 0 Å². The maximum atomic E-state index is 12.7. The van der Waals surface area contributed by atoms with Crippen molar-refractivity contribution in [3.63, 3.8) is 0 Å². The predicted octanol–water partition coefficient (Wildman–Crippen LogP) is 4.12. The Morgan fingerprint density at radius 2 is 1.67 bits per heavy atom. The molecule has 2 N–H and O–H groups in total. The summed E-state index contributed by atoms with van der Waals surface area (Å²) in [5.74, 6) is -1.39. The van der Waals surface area contributed by atoms with E-state index < -0.39 is 17.7 Å². The number of carbonyl (C=O) groups is 2. The fourth-order valence-corrected chi connectivity index (χ4v) is 3.35. The van der Waals surface area contributed by atoms with E-state index in [-0.39, 0.29) is 23.0 Å². The number of benzene rings is 2. The van der Waals surface area contributed by atoms with Gasteiger partial charge in [-0.3, -0.25) is 9.59 Å². The molecule has 0 spiro atoms. The van der Waals surface area contributed by atoms with Crippen molar-refractivity contribution < 1.29 is 19.8 Å². The van der Waals surface area contributed by atoms with Crippen LogP contribution in [0.1, 0.15) is 31.0 Å². The number of aliphatic hydroxyl groups excluding tert-OH is 1. The van der Waals surface area contributed by atoms with E-state index >= 15 is 0 Å². The van der Waals surface area contributed by atoms with Gasteiger partial charge in [-0.1, -0.05) is 37.6 Å². The molecule has 2 aromatic rings. The molecule has 1 unspecified atom stereocenters. The second kappa shape index (κ2) is 7.45. The van der Waals surface area contributed by atoms with Crippen LogP contribution in [0, 0.1) is 5.92 Å². The Morgan fingerprint density at radius 3 is 2.22 bits per heavy atom. The Morgan fingerprint density at radius 1 is 1.07 bits per heavy atom. The third kappa shape index (κ3) is 3.69. The van der Waals surface area contributed by atoms with Crippen LogP contribution >= 0.6 is 11.6 Å². The molecule has 1 atom stereocenters. The summed E-state index contributed by atoms with van der Waals surface area (Å²) >= 11 is 5.90. The minimum absolute atomic E-state index is 0.0358. The van der Waals surface area contributed by atoms with Gasteiger partial charge >= 0.3 is 0 Å². The maximum absolute atomic E-state index is 12.7. The molecule has 1 aliphatic rings. The number of hydrogen-bond acceptors (Lipinski definition) is 4. The molecule has 2 aromatic carbocycles. The van der Waals surface area contributed by atoms with Crippen molar-refractivity contribution in [3.8, 4) is 5.75 Å². The van der Waals surface area contributed by atoms with E-state index in [9.17, 15) is 19.8 Å². The van der Waals surface area contributed by atoms with Crippen molar-refractivity contribution in [1.29, 1.82) is 0 Å². The Bertz CT molecular complexity index is 901. The lowest BCUT2D eigenvalue weighted by molar-refractivity contribution is -0.140. The number of aromatic hydroxyl groups is 1. The van der Waals surface area contributed by atoms with E-state index in [0.717, 1.165) is 0 Å². The summed E-state index contributed by atoms with van der Waals surface area (Å²) in [6.45, 7) is 4.27. The van der Waals surface area contributed by atoms with Crippen molar-refractivity contribution >= 4 is 29.1 Å². The number of nitrogens with zero attached hydrogens (tertiary/aromatic N) is 1.